The zero-order chi connectivity index (χ0) is 19.7. The van der Waals surface area contributed by atoms with Crippen molar-refractivity contribution in [3.05, 3.63) is 24.0 Å². The van der Waals surface area contributed by atoms with E-state index >= 15 is 0 Å². The molecule has 0 aromatic heterocycles. The molecule has 0 aliphatic carbocycles. The minimum Gasteiger partial charge on any atom is -0.616 e. The number of carbonyl (C=O) groups excluding carboxylic acids is 2. The first-order chi connectivity index (χ1) is 12.8. The summed E-state index contributed by atoms with van der Waals surface area (Å²) in [6.07, 6.45) is 1.48. The van der Waals surface area contributed by atoms with Crippen LogP contribution in [-0.4, -0.2) is 59.8 Å². The second-order valence-electron chi connectivity index (χ2n) is 6.88. The van der Waals surface area contributed by atoms with Gasteiger partial charge in [0.05, 0.1) is 42.8 Å². The topological polar surface area (TPSA) is 84.7 Å². The lowest BCUT2D eigenvalue weighted by atomic mass is 10.2. The highest BCUT2D eigenvalue weighted by Gasteiger charge is 2.49. The van der Waals surface area contributed by atoms with Crippen LogP contribution in [0.1, 0.15) is 20.3 Å². The van der Waals surface area contributed by atoms with Gasteiger partial charge in [-0.2, -0.15) is 0 Å². The highest BCUT2D eigenvalue weighted by molar-refractivity contribution is 7.90. The van der Waals surface area contributed by atoms with Crippen LogP contribution in [0.3, 0.4) is 0 Å². The Kier molecular flexibility index (Phi) is 5.81. The first-order valence-electron chi connectivity index (χ1n) is 8.92. The number of nitrogens with zero attached hydrogens (tertiary/aromatic N) is 2. The number of hydrogen-bond donors (Lipinski definition) is 1. The van der Waals surface area contributed by atoms with Gasteiger partial charge in [-0.25, -0.2) is 9.18 Å². The molecule has 3 rings (SSSR count). The van der Waals surface area contributed by atoms with Crippen LogP contribution < -0.4 is 15.1 Å². The van der Waals surface area contributed by atoms with Crippen molar-refractivity contribution in [1.29, 1.82) is 0 Å². The van der Waals surface area contributed by atoms with Crippen LogP contribution in [0.25, 0.3) is 0 Å². The number of hydrogen-bond acceptors (Lipinski definition) is 5. The van der Waals surface area contributed by atoms with E-state index in [-0.39, 0.29) is 31.1 Å². The maximum Gasteiger partial charge on any atom is 0.414 e. The zero-order valence-corrected chi connectivity index (χ0v) is 16.4. The van der Waals surface area contributed by atoms with Gasteiger partial charge in [-0.3, -0.25) is 9.69 Å². The van der Waals surface area contributed by atoms with Crippen LogP contribution in [0.15, 0.2) is 18.2 Å². The van der Waals surface area contributed by atoms with Gasteiger partial charge < -0.3 is 19.5 Å². The average molecular weight is 397 g/mol. The fraction of sp³-hybridized carbons (Fsp3) is 0.556. The van der Waals surface area contributed by atoms with Gasteiger partial charge in [0.2, 0.25) is 5.91 Å². The second-order valence-corrected chi connectivity index (χ2v) is 8.36. The highest BCUT2D eigenvalue weighted by Crippen LogP contribution is 2.40. The molecule has 148 valence electrons. The molecule has 2 saturated heterocycles. The fourth-order valence-corrected chi connectivity index (χ4v) is 4.43. The van der Waals surface area contributed by atoms with Crippen LogP contribution in [0.4, 0.5) is 20.6 Å². The van der Waals surface area contributed by atoms with Gasteiger partial charge in [0.1, 0.15) is 17.7 Å². The summed E-state index contributed by atoms with van der Waals surface area (Å²) in [4.78, 5) is 26.4. The standard InChI is InChI=1S/C18H24FN3O4S/c1-4-15-17(10-27(3)25)22(15)16-6-5-12(7-14(16)19)21-9-13(26-18(21)24)8-20-11(2)23/h5-7,13,15,17H,4,8-10H2,1-3H3,(H,20,23)/t13-,15?,17?,22?,27?/m0/s1. The molecular formula is C18H24FN3O4S. The number of carbonyl (C=O) groups is 2. The van der Waals surface area contributed by atoms with Crippen molar-refractivity contribution in [1.82, 2.24) is 5.32 Å². The average Bonchev–Trinajstić information content (AvgIpc) is 3.13. The van der Waals surface area contributed by atoms with E-state index in [2.05, 4.69) is 5.32 Å². The number of halogens is 1. The number of anilines is 2. The van der Waals surface area contributed by atoms with Crippen molar-refractivity contribution < 1.29 is 23.3 Å². The normalized spacial score (nSPS) is 25.4. The van der Waals surface area contributed by atoms with Crippen molar-refractivity contribution in [2.24, 2.45) is 0 Å². The molecule has 1 aromatic carbocycles. The monoisotopic (exact) mass is 397 g/mol. The third-order valence-corrected chi connectivity index (χ3v) is 5.68. The molecule has 0 radical (unpaired) electrons. The van der Waals surface area contributed by atoms with Crippen LogP contribution in [-0.2, 0) is 20.7 Å². The van der Waals surface area contributed by atoms with Gasteiger partial charge >= 0.3 is 6.09 Å². The Labute approximate surface area is 161 Å². The molecule has 1 N–H and O–H groups in total. The number of benzene rings is 1. The Balaban J connectivity index is 1.70. The lowest BCUT2D eigenvalue weighted by Crippen LogP contribution is -2.33. The first-order valence-corrected chi connectivity index (χ1v) is 10.6. The van der Waals surface area contributed by atoms with Gasteiger partial charge in [-0.05, 0) is 24.6 Å². The maximum absolute atomic E-state index is 14.7. The third-order valence-electron chi connectivity index (χ3n) is 4.87. The van der Waals surface area contributed by atoms with E-state index in [1.807, 2.05) is 11.8 Å². The third kappa shape index (κ3) is 4.30. The summed E-state index contributed by atoms with van der Waals surface area (Å²) in [6.45, 7) is 3.88. The molecule has 0 saturated carbocycles. The Hall–Kier alpha value is -2.00. The lowest BCUT2D eigenvalue weighted by Gasteiger charge is -2.15. The molecule has 2 fully saturated rings. The predicted molar refractivity (Wildman–Crippen MR) is 102 cm³/mol. The highest BCUT2D eigenvalue weighted by atomic mass is 32.2. The van der Waals surface area contributed by atoms with Gasteiger partial charge in [-0.1, -0.05) is 18.1 Å². The largest absolute Gasteiger partial charge is 0.616 e. The zero-order valence-electron chi connectivity index (χ0n) is 15.6. The van der Waals surface area contributed by atoms with E-state index in [0.717, 1.165) is 6.42 Å². The number of nitrogens with one attached hydrogen (secondary N) is 1. The molecule has 1 aromatic rings. The van der Waals surface area contributed by atoms with Gasteiger partial charge in [0.15, 0.2) is 0 Å². The summed E-state index contributed by atoms with van der Waals surface area (Å²) in [5.41, 5.74) is 0.875. The molecule has 0 bridgehead atoms. The number of cyclic esters (lactones) is 1. The predicted octanol–water partition coefficient (Wildman–Crippen LogP) is 1.63. The molecule has 9 heteroatoms. The van der Waals surface area contributed by atoms with E-state index < -0.39 is 29.2 Å². The fourth-order valence-electron chi connectivity index (χ4n) is 3.56. The van der Waals surface area contributed by atoms with Gasteiger partial charge in [0, 0.05) is 6.92 Å². The van der Waals surface area contributed by atoms with Crippen molar-refractivity contribution in [3.8, 4) is 0 Å². The molecule has 7 nitrogen and oxygen atoms in total. The van der Waals surface area contributed by atoms with Crippen LogP contribution >= 0.6 is 0 Å². The smallest absolute Gasteiger partial charge is 0.414 e. The van der Waals surface area contributed by atoms with E-state index in [9.17, 15) is 18.5 Å². The SMILES string of the molecule is CCC1C(C[S+](C)[O-])N1c1ccc(N2C[C@H](CNC(C)=O)OC2=O)cc1F. The van der Waals surface area contributed by atoms with Crippen LogP contribution in [0.5, 0.6) is 0 Å². The lowest BCUT2D eigenvalue weighted by molar-refractivity contribution is -0.119. The number of rotatable bonds is 7. The second kappa shape index (κ2) is 7.93. The molecule has 2 aliphatic rings. The summed E-state index contributed by atoms with van der Waals surface area (Å²) in [6, 6.07) is 4.93. The molecule has 0 spiro atoms. The molecule has 2 heterocycles. The first kappa shape index (κ1) is 19.8. The van der Waals surface area contributed by atoms with Crippen LogP contribution in [0, 0.1) is 5.82 Å². The minimum absolute atomic E-state index is 0.0833. The Bertz CT molecular complexity index is 733. The van der Waals surface area contributed by atoms with E-state index in [0.29, 0.717) is 17.1 Å². The Morgan fingerprint density at radius 1 is 1.44 bits per heavy atom. The Morgan fingerprint density at radius 2 is 2.19 bits per heavy atom. The summed E-state index contributed by atoms with van der Waals surface area (Å²) >= 11 is -0.941. The van der Waals surface area contributed by atoms with Crippen molar-refractivity contribution in [2.75, 3.05) is 34.9 Å². The molecule has 2 amide bonds. The number of ether oxygens (including phenoxy) is 1. The summed E-state index contributed by atoms with van der Waals surface area (Å²) in [5, 5.41) is 2.61. The summed E-state index contributed by atoms with van der Waals surface area (Å²) in [7, 11) is 0. The van der Waals surface area contributed by atoms with Crippen molar-refractivity contribution >= 4 is 34.6 Å². The maximum atomic E-state index is 14.7. The van der Waals surface area contributed by atoms with E-state index in [1.54, 1.807) is 18.4 Å². The Morgan fingerprint density at radius 3 is 2.78 bits per heavy atom. The molecule has 4 atom stereocenters. The van der Waals surface area contributed by atoms with E-state index in [1.165, 1.54) is 17.9 Å². The summed E-state index contributed by atoms with van der Waals surface area (Å²) < 4.78 is 31.5. The van der Waals surface area contributed by atoms with Crippen molar-refractivity contribution in [2.45, 2.75) is 38.5 Å². The molecular weight excluding hydrogens is 373 g/mol. The quantitative estimate of drug-likeness (QED) is 0.558. The van der Waals surface area contributed by atoms with Crippen molar-refractivity contribution in [3.63, 3.8) is 0 Å². The molecule has 27 heavy (non-hydrogen) atoms. The van der Waals surface area contributed by atoms with Gasteiger partial charge in [0.25, 0.3) is 0 Å². The van der Waals surface area contributed by atoms with Gasteiger partial charge in [-0.15, -0.1) is 0 Å². The number of amides is 2. The van der Waals surface area contributed by atoms with E-state index in [4.69, 9.17) is 4.74 Å². The van der Waals surface area contributed by atoms with Crippen LogP contribution in [0.2, 0.25) is 0 Å². The molecule has 2 aliphatic heterocycles. The summed E-state index contributed by atoms with van der Waals surface area (Å²) in [5.74, 6) is -0.108. The molecule has 3 unspecified atom stereocenters. The minimum atomic E-state index is -0.941.